The number of unbranched alkanes of at least 4 members (excludes halogenated alkanes) is 6. The van der Waals surface area contributed by atoms with Crippen LogP contribution >= 0.6 is 23.4 Å². The molecule has 0 aliphatic rings. The van der Waals surface area contributed by atoms with Crippen molar-refractivity contribution in [3.63, 3.8) is 0 Å². The predicted octanol–water partition coefficient (Wildman–Crippen LogP) is 5.76. The van der Waals surface area contributed by atoms with Gasteiger partial charge in [0.15, 0.2) is 0 Å². The molecule has 1 aromatic carbocycles. The Morgan fingerprint density at radius 3 is 2.39 bits per heavy atom. The number of thioether (sulfide) groups is 1. The minimum atomic E-state index is 0.781. The Bertz CT molecular complexity index is 321. The van der Waals surface area contributed by atoms with E-state index in [1.165, 1.54) is 44.9 Å². The number of nitrogens with two attached hydrogens (primary N) is 1. The molecule has 3 heteroatoms. The maximum absolute atomic E-state index is 6.13. The molecule has 2 N–H and O–H groups in total. The molecule has 0 spiro atoms. The summed E-state index contributed by atoms with van der Waals surface area (Å²) in [6.45, 7) is 2.25. The number of hydrogen-bond donors (Lipinski definition) is 1. The average Bonchev–Trinajstić information content (AvgIpc) is 2.35. The zero-order valence-electron chi connectivity index (χ0n) is 11.3. The van der Waals surface area contributed by atoms with Gasteiger partial charge in [0.2, 0.25) is 0 Å². The fourth-order valence-electron chi connectivity index (χ4n) is 1.91. The number of nitrogen functional groups attached to an aromatic ring is 1. The van der Waals surface area contributed by atoms with Crippen LogP contribution in [0, 0.1) is 0 Å². The third kappa shape index (κ3) is 6.01. The van der Waals surface area contributed by atoms with E-state index in [0.29, 0.717) is 0 Å². The smallest absolute Gasteiger partial charge is 0.0562 e. The fourth-order valence-corrected chi connectivity index (χ4v) is 3.25. The Balaban J connectivity index is 2.11. The van der Waals surface area contributed by atoms with E-state index in [1.807, 2.05) is 18.2 Å². The van der Waals surface area contributed by atoms with Gasteiger partial charge in [0.1, 0.15) is 0 Å². The van der Waals surface area contributed by atoms with Crippen LogP contribution in [0.3, 0.4) is 0 Å². The normalized spacial score (nSPS) is 10.8. The van der Waals surface area contributed by atoms with Crippen molar-refractivity contribution in [3.05, 3.63) is 23.2 Å². The van der Waals surface area contributed by atoms with Crippen molar-refractivity contribution in [1.29, 1.82) is 0 Å². The lowest BCUT2D eigenvalue weighted by Crippen LogP contribution is -1.90. The lowest BCUT2D eigenvalue weighted by Gasteiger charge is -2.07. The van der Waals surface area contributed by atoms with Crippen LogP contribution in [-0.2, 0) is 0 Å². The van der Waals surface area contributed by atoms with Crippen LogP contribution < -0.4 is 5.73 Å². The Labute approximate surface area is 120 Å². The molecule has 0 amide bonds. The van der Waals surface area contributed by atoms with Crippen molar-refractivity contribution in [2.24, 2.45) is 0 Å². The molecular formula is C15H24ClNS. The SMILES string of the molecule is CCCCCCCCCSc1c(N)cccc1Cl. The van der Waals surface area contributed by atoms with E-state index in [0.717, 1.165) is 21.4 Å². The number of halogens is 1. The molecule has 0 heterocycles. The first-order valence-electron chi connectivity index (χ1n) is 6.92. The molecule has 0 aromatic heterocycles. The molecule has 0 saturated carbocycles. The second-order valence-corrected chi connectivity index (χ2v) is 6.14. The van der Waals surface area contributed by atoms with Crippen LogP contribution in [-0.4, -0.2) is 5.75 Å². The number of benzene rings is 1. The Morgan fingerprint density at radius 2 is 1.72 bits per heavy atom. The molecule has 0 aliphatic carbocycles. The van der Waals surface area contributed by atoms with E-state index in [4.69, 9.17) is 17.3 Å². The maximum atomic E-state index is 6.13. The average molecular weight is 286 g/mol. The predicted molar refractivity (Wildman–Crippen MR) is 84.6 cm³/mol. The summed E-state index contributed by atoms with van der Waals surface area (Å²) in [5.41, 5.74) is 6.71. The van der Waals surface area contributed by atoms with Crippen LogP contribution in [0.2, 0.25) is 5.02 Å². The van der Waals surface area contributed by atoms with E-state index in [1.54, 1.807) is 11.8 Å². The summed E-state index contributed by atoms with van der Waals surface area (Å²) >= 11 is 7.91. The first-order chi connectivity index (χ1) is 8.75. The van der Waals surface area contributed by atoms with Crippen LogP contribution in [0.1, 0.15) is 51.9 Å². The van der Waals surface area contributed by atoms with Gasteiger partial charge in [-0.05, 0) is 24.3 Å². The van der Waals surface area contributed by atoms with Gasteiger partial charge in [-0.25, -0.2) is 0 Å². The molecule has 1 rings (SSSR count). The van der Waals surface area contributed by atoms with Crippen LogP contribution in [0.15, 0.2) is 23.1 Å². The van der Waals surface area contributed by atoms with E-state index >= 15 is 0 Å². The number of hydrogen-bond acceptors (Lipinski definition) is 2. The van der Waals surface area contributed by atoms with E-state index in [9.17, 15) is 0 Å². The zero-order valence-corrected chi connectivity index (χ0v) is 12.8. The van der Waals surface area contributed by atoms with Crippen LogP contribution in [0.4, 0.5) is 5.69 Å². The van der Waals surface area contributed by atoms with Gasteiger partial charge in [-0.1, -0.05) is 63.1 Å². The molecule has 18 heavy (non-hydrogen) atoms. The standard InChI is InChI=1S/C15H24ClNS/c1-2-3-4-5-6-7-8-12-18-15-13(16)10-9-11-14(15)17/h9-11H,2-8,12,17H2,1H3. The highest BCUT2D eigenvalue weighted by Gasteiger charge is 2.04. The van der Waals surface area contributed by atoms with E-state index in [-0.39, 0.29) is 0 Å². The molecule has 1 nitrogen and oxygen atoms in total. The Hall–Kier alpha value is -0.340. The second kappa shape index (κ2) is 9.57. The highest BCUT2D eigenvalue weighted by molar-refractivity contribution is 7.99. The van der Waals surface area contributed by atoms with Crippen molar-refractivity contribution in [2.75, 3.05) is 11.5 Å². The molecule has 102 valence electrons. The minimum absolute atomic E-state index is 0.781. The third-order valence-corrected chi connectivity index (χ3v) is 4.66. The van der Waals surface area contributed by atoms with Gasteiger partial charge in [0, 0.05) is 10.6 Å². The molecule has 1 aromatic rings. The lowest BCUT2D eigenvalue weighted by atomic mass is 10.1. The molecule has 0 radical (unpaired) electrons. The van der Waals surface area contributed by atoms with Crippen molar-refractivity contribution in [2.45, 2.75) is 56.8 Å². The van der Waals surface area contributed by atoms with Crippen LogP contribution in [0.25, 0.3) is 0 Å². The summed E-state index contributed by atoms with van der Waals surface area (Å²) < 4.78 is 0. The summed E-state index contributed by atoms with van der Waals surface area (Å²) in [6.07, 6.45) is 9.40. The Morgan fingerprint density at radius 1 is 1.06 bits per heavy atom. The summed E-state index contributed by atoms with van der Waals surface area (Å²) in [4.78, 5) is 1.05. The summed E-state index contributed by atoms with van der Waals surface area (Å²) in [7, 11) is 0. The topological polar surface area (TPSA) is 26.0 Å². The molecule has 0 atom stereocenters. The van der Waals surface area contributed by atoms with Crippen molar-refractivity contribution in [3.8, 4) is 0 Å². The van der Waals surface area contributed by atoms with Gasteiger partial charge in [-0.2, -0.15) is 0 Å². The lowest BCUT2D eigenvalue weighted by molar-refractivity contribution is 0.603. The quantitative estimate of drug-likeness (QED) is 0.354. The van der Waals surface area contributed by atoms with Crippen molar-refractivity contribution in [1.82, 2.24) is 0 Å². The highest BCUT2D eigenvalue weighted by Crippen LogP contribution is 2.32. The van der Waals surface area contributed by atoms with Gasteiger partial charge >= 0.3 is 0 Å². The third-order valence-electron chi connectivity index (χ3n) is 2.99. The zero-order chi connectivity index (χ0) is 13.2. The summed E-state index contributed by atoms with van der Waals surface area (Å²) in [6, 6.07) is 5.72. The highest BCUT2D eigenvalue weighted by atomic mass is 35.5. The Kier molecular flexibility index (Phi) is 8.36. The maximum Gasteiger partial charge on any atom is 0.0562 e. The molecular weight excluding hydrogens is 262 g/mol. The monoisotopic (exact) mass is 285 g/mol. The number of anilines is 1. The van der Waals surface area contributed by atoms with Gasteiger partial charge in [-0.15, -0.1) is 11.8 Å². The first-order valence-corrected chi connectivity index (χ1v) is 8.29. The minimum Gasteiger partial charge on any atom is -0.398 e. The fraction of sp³-hybridized carbons (Fsp3) is 0.600. The molecule has 0 saturated heterocycles. The van der Waals surface area contributed by atoms with Gasteiger partial charge in [-0.3, -0.25) is 0 Å². The number of rotatable bonds is 9. The first kappa shape index (κ1) is 15.7. The van der Waals surface area contributed by atoms with Crippen molar-refractivity contribution < 1.29 is 0 Å². The second-order valence-electron chi connectivity index (χ2n) is 4.63. The van der Waals surface area contributed by atoms with Crippen molar-refractivity contribution >= 4 is 29.1 Å². The van der Waals surface area contributed by atoms with E-state index in [2.05, 4.69) is 6.92 Å². The summed E-state index contributed by atoms with van der Waals surface area (Å²) in [5, 5.41) is 0.781. The van der Waals surface area contributed by atoms with E-state index < -0.39 is 0 Å². The van der Waals surface area contributed by atoms with Gasteiger partial charge in [0.05, 0.1) is 5.02 Å². The van der Waals surface area contributed by atoms with Crippen LogP contribution in [0.5, 0.6) is 0 Å². The molecule has 0 aliphatic heterocycles. The largest absolute Gasteiger partial charge is 0.398 e. The van der Waals surface area contributed by atoms with Gasteiger partial charge < -0.3 is 5.73 Å². The molecule has 0 bridgehead atoms. The molecule has 0 fully saturated rings. The molecule has 0 unspecified atom stereocenters. The van der Waals surface area contributed by atoms with Gasteiger partial charge in [0.25, 0.3) is 0 Å². The summed E-state index contributed by atoms with van der Waals surface area (Å²) in [5.74, 6) is 1.11.